The van der Waals surface area contributed by atoms with Gasteiger partial charge in [0.1, 0.15) is 6.10 Å². The number of rotatable bonds is 8. The average molecular weight is 521 g/mol. The van der Waals surface area contributed by atoms with Gasteiger partial charge in [-0.1, -0.05) is 12.1 Å². The van der Waals surface area contributed by atoms with Crippen molar-refractivity contribution in [3.05, 3.63) is 58.7 Å². The molecule has 1 heterocycles. The van der Waals surface area contributed by atoms with Gasteiger partial charge in [-0.25, -0.2) is 0 Å². The fourth-order valence-electron chi connectivity index (χ4n) is 5.91. The monoisotopic (exact) mass is 520 g/mol. The standard InChI is InChI=1S/C31H40N2O5/c1-8-37-29-16-24-25-15-23(38-20(6)34)13-14-27(25)32-30(26(24)17-28(29)36-7)21-9-11-22(12-10-21)31(35)33(18(2)3)19(4)5/h9-12,16-19,23,25,27H,8,13-15H2,1-7H3/t23-,25-,27-/m1/s1. The maximum absolute atomic E-state index is 13.2. The molecule has 0 unspecified atom stereocenters. The highest BCUT2D eigenvalue weighted by Crippen LogP contribution is 2.45. The number of carbonyl (C=O) groups is 2. The highest BCUT2D eigenvalue weighted by Gasteiger charge is 2.39. The maximum Gasteiger partial charge on any atom is 0.302 e. The Balaban J connectivity index is 1.74. The first-order valence-electron chi connectivity index (χ1n) is 13.7. The summed E-state index contributed by atoms with van der Waals surface area (Å²) in [6.45, 7) is 12.1. The third-order valence-corrected chi connectivity index (χ3v) is 7.44. The highest BCUT2D eigenvalue weighted by molar-refractivity contribution is 6.15. The molecule has 1 saturated carbocycles. The van der Waals surface area contributed by atoms with Crippen LogP contribution in [0.4, 0.5) is 0 Å². The van der Waals surface area contributed by atoms with Gasteiger partial charge in [-0.15, -0.1) is 0 Å². The lowest BCUT2D eigenvalue weighted by Gasteiger charge is -2.38. The van der Waals surface area contributed by atoms with Crippen LogP contribution < -0.4 is 9.47 Å². The fourth-order valence-corrected chi connectivity index (χ4v) is 5.91. The predicted octanol–water partition coefficient (Wildman–Crippen LogP) is 5.77. The minimum absolute atomic E-state index is 0.0272. The van der Waals surface area contributed by atoms with Crippen molar-refractivity contribution in [2.45, 2.75) is 91.0 Å². The van der Waals surface area contributed by atoms with Crippen molar-refractivity contribution in [1.82, 2.24) is 4.90 Å². The van der Waals surface area contributed by atoms with Crippen LogP contribution in [0.5, 0.6) is 11.5 Å². The molecule has 38 heavy (non-hydrogen) atoms. The minimum atomic E-state index is -0.249. The van der Waals surface area contributed by atoms with Crippen LogP contribution in [0.25, 0.3) is 0 Å². The van der Waals surface area contributed by atoms with Gasteiger partial charge in [0.15, 0.2) is 11.5 Å². The predicted molar refractivity (Wildman–Crippen MR) is 149 cm³/mol. The molecule has 1 aliphatic carbocycles. The summed E-state index contributed by atoms with van der Waals surface area (Å²) in [5, 5.41) is 0. The quantitative estimate of drug-likeness (QED) is 0.413. The molecule has 0 aromatic heterocycles. The summed E-state index contributed by atoms with van der Waals surface area (Å²) in [5.74, 6) is 1.25. The molecule has 0 saturated heterocycles. The summed E-state index contributed by atoms with van der Waals surface area (Å²) >= 11 is 0. The van der Waals surface area contributed by atoms with Gasteiger partial charge >= 0.3 is 5.97 Å². The molecule has 1 aliphatic heterocycles. The number of aliphatic imine (C=N–C) groups is 1. The zero-order valence-electron chi connectivity index (χ0n) is 23.6. The molecule has 1 amide bonds. The number of nitrogens with zero attached hydrogens (tertiary/aromatic N) is 2. The van der Waals surface area contributed by atoms with Crippen LogP contribution in [0.1, 0.15) is 93.8 Å². The van der Waals surface area contributed by atoms with Gasteiger partial charge in [0.05, 0.1) is 25.5 Å². The number of fused-ring (bicyclic) bond motifs is 3. The summed E-state index contributed by atoms with van der Waals surface area (Å²) in [6, 6.07) is 12.1. The zero-order chi connectivity index (χ0) is 27.6. The van der Waals surface area contributed by atoms with Gasteiger partial charge < -0.3 is 19.1 Å². The highest BCUT2D eigenvalue weighted by atomic mass is 16.5. The molecule has 2 aromatic carbocycles. The second kappa shape index (κ2) is 11.6. The normalized spacial score (nSPS) is 20.3. The van der Waals surface area contributed by atoms with Crippen LogP contribution in [0.3, 0.4) is 0 Å². The summed E-state index contributed by atoms with van der Waals surface area (Å²) in [6.07, 6.45) is 2.22. The molecule has 1 fully saturated rings. The van der Waals surface area contributed by atoms with E-state index in [2.05, 4.69) is 6.07 Å². The second-order valence-corrected chi connectivity index (χ2v) is 10.7. The van der Waals surface area contributed by atoms with Crippen molar-refractivity contribution in [1.29, 1.82) is 0 Å². The number of methoxy groups -OCH3 is 1. The van der Waals surface area contributed by atoms with Crippen molar-refractivity contribution in [3.63, 3.8) is 0 Å². The van der Waals surface area contributed by atoms with E-state index in [1.54, 1.807) is 7.11 Å². The van der Waals surface area contributed by atoms with Gasteiger partial charge in [0, 0.05) is 41.6 Å². The van der Waals surface area contributed by atoms with Crippen LogP contribution in [-0.4, -0.2) is 60.4 Å². The van der Waals surface area contributed by atoms with E-state index in [1.165, 1.54) is 6.92 Å². The van der Waals surface area contributed by atoms with E-state index in [4.69, 9.17) is 19.2 Å². The van der Waals surface area contributed by atoms with Gasteiger partial charge in [-0.05, 0) is 83.7 Å². The van der Waals surface area contributed by atoms with Gasteiger partial charge in [-0.3, -0.25) is 14.6 Å². The number of ether oxygens (including phenoxy) is 3. The van der Waals surface area contributed by atoms with Crippen LogP contribution >= 0.6 is 0 Å². The van der Waals surface area contributed by atoms with Gasteiger partial charge in [-0.2, -0.15) is 0 Å². The van der Waals surface area contributed by atoms with E-state index in [0.29, 0.717) is 23.7 Å². The van der Waals surface area contributed by atoms with E-state index < -0.39 is 0 Å². The van der Waals surface area contributed by atoms with E-state index in [1.807, 2.05) is 69.9 Å². The fraction of sp³-hybridized carbons (Fsp3) is 0.516. The minimum Gasteiger partial charge on any atom is -0.493 e. The van der Waals surface area contributed by atoms with E-state index in [0.717, 1.165) is 41.7 Å². The molecule has 204 valence electrons. The summed E-state index contributed by atoms with van der Waals surface area (Å²) in [5.41, 5.74) is 4.62. The topological polar surface area (TPSA) is 77.4 Å². The molecular formula is C31H40N2O5. The number of benzene rings is 2. The number of hydrogen-bond acceptors (Lipinski definition) is 6. The zero-order valence-corrected chi connectivity index (χ0v) is 23.6. The number of carbonyl (C=O) groups excluding carboxylic acids is 2. The first kappa shape index (κ1) is 27.7. The molecule has 7 heteroatoms. The smallest absolute Gasteiger partial charge is 0.302 e. The SMILES string of the molecule is CCOc1cc2c(cc1OC)C(c1ccc(C(=O)N(C(C)C)C(C)C)cc1)=N[C@@H]1CC[C@@H](OC(C)=O)C[C@H]21. The Labute approximate surface area is 226 Å². The van der Waals surface area contributed by atoms with Gasteiger partial charge in [0.2, 0.25) is 0 Å². The van der Waals surface area contributed by atoms with Crippen LogP contribution in [-0.2, 0) is 9.53 Å². The molecule has 4 rings (SSSR count). The lowest BCUT2D eigenvalue weighted by atomic mass is 9.74. The third-order valence-electron chi connectivity index (χ3n) is 7.44. The maximum atomic E-state index is 13.2. The molecule has 2 aliphatic rings. The lowest BCUT2D eigenvalue weighted by Crippen LogP contribution is -2.42. The molecule has 2 aromatic rings. The molecule has 7 nitrogen and oxygen atoms in total. The number of hydrogen-bond donors (Lipinski definition) is 0. The Morgan fingerprint density at radius 3 is 2.29 bits per heavy atom. The number of amides is 1. The van der Waals surface area contributed by atoms with Gasteiger partial charge in [0.25, 0.3) is 5.91 Å². The van der Waals surface area contributed by atoms with Crippen LogP contribution in [0.2, 0.25) is 0 Å². The lowest BCUT2D eigenvalue weighted by molar-refractivity contribution is -0.148. The Bertz CT molecular complexity index is 1190. The Morgan fingerprint density at radius 2 is 1.71 bits per heavy atom. The average Bonchev–Trinajstić information content (AvgIpc) is 2.87. The van der Waals surface area contributed by atoms with Crippen molar-refractivity contribution in [3.8, 4) is 11.5 Å². The van der Waals surface area contributed by atoms with Crippen molar-refractivity contribution < 1.29 is 23.8 Å². The van der Waals surface area contributed by atoms with E-state index in [9.17, 15) is 9.59 Å². The molecule has 3 atom stereocenters. The van der Waals surface area contributed by atoms with Crippen molar-refractivity contribution in [2.75, 3.05) is 13.7 Å². The second-order valence-electron chi connectivity index (χ2n) is 10.7. The summed E-state index contributed by atoms with van der Waals surface area (Å²) in [4.78, 5) is 32.0. The first-order chi connectivity index (χ1) is 18.1. The molecule has 0 spiro atoms. The summed E-state index contributed by atoms with van der Waals surface area (Å²) < 4.78 is 17.2. The van der Waals surface area contributed by atoms with E-state index >= 15 is 0 Å². The summed E-state index contributed by atoms with van der Waals surface area (Å²) in [7, 11) is 1.64. The first-order valence-corrected chi connectivity index (χ1v) is 13.7. The Kier molecular flexibility index (Phi) is 8.44. The third kappa shape index (κ3) is 5.57. The van der Waals surface area contributed by atoms with Crippen molar-refractivity contribution >= 4 is 17.6 Å². The molecular weight excluding hydrogens is 480 g/mol. The number of esters is 1. The molecule has 0 N–H and O–H groups in total. The van der Waals surface area contributed by atoms with E-state index in [-0.39, 0.29) is 42.0 Å². The Morgan fingerprint density at radius 1 is 1.03 bits per heavy atom. The Hall–Kier alpha value is -3.35. The van der Waals surface area contributed by atoms with Crippen LogP contribution in [0, 0.1) is 0 Å². The van der Waals surface area contributed by atoms with Crippen LogP contribution in [0.15, 0.2) is 41.4 Å². The molecule has 0 radical (unpaired) electrons. The largest absolute Gasteiger partial charge is 0.493 e. The van der Waals surface area contributed by atoms with Crippen molar-refractivity contribution in [2.24, 2.45) is 4.99 Å². The molecule has 0 bridgehead atoms.